The first-order valence-corrected chi connectivity index (χ1v) is 5.59. The van der Waals surface area contributed by atoms with Crippen molar-refractivity contribution in [1.29, 1.82) is 0 Å². The fourth-order valence-corrected chi connectivity index (χ4v) is 0.897. The van der Waals surface area contributed by atoms with Crippen LogP contribution in [0.1, 0.15) is 26.7 Å². The van der Waals surface area contributed by atoms with Gasteiger partial charge in [0.05, 0.1) is 11.4 Å². The van der Waals surface area contributed by atoms with Gasteiger partial charge in [-0.3, -0.25) is 4.79 Å². The summed E-state index contributed by atoms with van der Waals surface area (Å²) in [7, 11) is 0. The Morgan fingerprint density at radius 1 is 1.54 bits per heavy atom. The molecule has 0 aliphatic rings. The summed E-state index contributed by atoms with van der Waals surface area (Å²) in [6, 6.07) is 0. The highest BCUT2D eigenvalue weighted by atomic mass is 79.9. The largest absolute Gasteiger partial charge is 0.380 e. The van der Waals surface area contributed by atoms with Crippen LogP contribution in [0.3, 0.4) is 0 Å². The number of hydrogen-bond acceptors (Lipinski definition) is 2. The predicted octanol–water partition coefficient (Wildman–Crippen LogP) is 1.70. The summed E-state index contributed by atoms with van der Waals surface area (Å²) in [5.74, 6) is 0.0130. The summed E-state index contributed by atoms with van der Waals surface area (Å²) in [6.45, 7) is 5.91. The second-order valence-corrected chi connectivity index (χ2v) is 4.25. The van der Waals surface area contributed by atoms with E-state index in [1.54, 1.807) is 6.92 Å². The Hall–Kier alpha value is -0.0900. The molecule has 0 spiro atoms. The number of rotatable bonds is 7. The van der Waals surface area contributed by atoms with Gasteiger partial charge >= 0.3 is 0 Å². The molecule has 1 N–H and O–H groups in total. The maximum Gasteiger partial charge on any atom is 0.233 e. The second kappa shape index (κ2) is 8.51. The van der Waals surface area contributed by atoms with Crippen molar-refractivity contribution < 1.29 is 9.53 Å². The monoisotopic (exact) mass is 251 g/mol. The fraction of sp³-hybridized carbons (Fsp3) is 0.889. The third-order valence-corrected chi connectivity index (χ3v) is 1.96. The van der Waals surface area contributed by atoms with Gasteiger partial charge in [0.15, 0.2) is 0 Å². The molecule has 13 heavy (non-hydrogen) atoms. The first kappa shape index (κ1) is 12.9. The third kappa shape index (κ3) is 8.25. The standard InChI is InChI=1S/C9H18BrNO2/c1-3-4-6-13-7-5-11-9(12)8(2)10/h8H,3-7H2,1-2H3,(H,11,12). The number of halogens is 1. The Morgan fingerprint density at radius 2 is 2.23 bits per heavy atom. The van der Waals surface area contributed by atoms with E-state index < -0.39 is 0 Å². The van der Waals surface area contributed by atoms with Crippen molar-refractivity contribution in [3.63, 3.8) is 0 Å². The van der Waals surface area contributed by atoms with Crippen LogP contribution >= 0.6 is 15.9 Å². The average Bonchev–Trinajstić information content (AvgIpc) is 2.10. The molecule has 0 rings (SSSR count). The minimum Gasteiger partial charge on any atom is -0.380 e. The first-order valence-electron chi connectivity index (χ1n) is 4.68. The van der Waals surface area contributed by atoms with Crippen molar-refractivity contribution in [2.75, 3.05) is 19.8 Å². The van der Waals surface area contributed by atoms with E-state index in [1.807, 2.05) is 0 Å². The molecule has 3 nitrogen and oxygen atoms in total. The van der Waals surface area contributed by atoms with Crippen LogP contribution in [0.25, 0.3) is 0 Å². The Kier molecular flexibility index (Phi) is 8.45. The molecule has 0 aromatic carbocycles. The summed E-state index contributed by atoms with van der Waals surface area (Å²) in [5.41, 5.74) is 0. The molecule has 0 aliphatic heterocycles. The van der Waals surface area contributed by atoms with Crippen molar-refractivity contribution in [3.8, 4) is 0 Å². The Balaban J connectivity index is 3.12. The van der Waals surface area contributed by atoms with Crippen molar-refractivity contribution in [2.24, 2.45) is 0 Å². The van der Waals surface area contributed by atoms with Crippen molar-refractivity contribution in [3.05, 3.63) is 0 Å². The normalized spacial score (nSPS) is 12.5. The van der Waals surface area contributed by atoms with Crippen molar-refractivity contribution >= 4 is 21.8 Å². The third-order valence-electron chi connectivity index (χ3n) is 1.55. The van der Waals surface area contributed by atoms with E-state index in [4.69, 9.17) is 4.74 Å². The molecule has 0 saturated carbocycles. The number of ether oxygens (including phenoxy) is 1. The van der Waals surface area contributed by atoms with Gasteiger partial charge < -0.3 is 10.1 Å². The lowest BCUT2D eigenvalue weighted by molar-refractivity contribution is -0.120. The maximum atomic E-state index is 11.0. The predicted molar refractivity (Wildman–Crippen MR) is 57.1 cm³/mol. The molecular formula is C9H18BrNO2. The van der Waals surface area contributed by atoms with Crippen LogP contribution in [0, 0.1) is 0 Å². The zero-order valence-electron chi connectivity index (χ0n) is 8.31. The van der Waals surface area contributed by atoms with Gasteiger partial charge in [0, 0.05) is 13.2 Å². The smallest absolute Gasteiger partial charge is 0.233 e. The highest BCUT2D eigenvalue weighted by molar-refractivity contribution is 9.10. The van der Waals surface area contributed by atoms with Crippen LogP contribution in [-0.2, 0) is 9.53 Å². The van der Waals surface area contributed by atoms with E-state index in [0.717, 1.165) is 19.4 Å². The number of alkyl halides is 1. The molecule has 0 aliphatic carbocycles. The summed E-state index contributed by atoms with van der Waals surface area (Å²) in [6.07, 6.45) is 2.23. The van der Waals surface area contributed by atoms with Crippen LogP contribution in [-0.4, -0.2) is 30.5 Å². The lowest BCUT2D eigenvalue weighted by atomic mass is 10.4. The van der Waals surface area contributed by atoms with Gasteiger partial charge in [-0.25, -0.2) is 0 Å². The van der Waals surface area contributed by atoms with Gasteiger partial charge in [-0.2, -0.15) is 0 Å². The minimum atomic E-state index is -0.122. The van der Waals surface area contributed by atoms with E-state index >= 15 is 0 Å². The number of carbonyl (C=O) groups excluding carboxylic acids is 1. The number of unbranched alkanes of at least 4 members (excludes halogenated alkanes) is 1. The van der Waals surface area contributed by atoms with E-state index in [-0.39, 0.29) is 10.7 Å². The molecule has 1 amide bonds. The molecule has 1 atom stereocenters. The quantitative estimate of drug-likeness (QED) is 0.553. The maximum absolute atomic E-state index is 11.0. The highest BCUT2D eigenvalue weighted by Gasteiger charge is 2.06. The topological polar surface area (TPSA) is 38.3 Å². The molecule has 0 bridgehead atoms. The average molecular weight is 252 g/mol. The highest BCUT2D eigenvalue weighted by Crippen LogP contribution is 1.95. The van der Waals surface area contributed by atoms with E-state index in [9.17, 15) is 4.79 Å². The van der Waals surface area contributed by atoms with Crippen LogP contribution in [0.4, 0.5) is 0 Å². The zero-order valence-corrected chi connectivity index (χ0v) is 9.89. The number of amides is 1. The van der Waals surface area contributed by atoms with E-state index in [1.165, 1.54) is 0 Å². The molecule has 0 aromatic heterocycles. The van der Waals surface area contributed by atoms with Crippen LogP contribution in [0.15, 0.2) is 0 Å². The first-order chi connectivity index (χ1) is 6.18. The number of hydrogen-bond donors (Lipinski definition) is 1. The lowest BCUT2D eigenvalue weighted by Crippen LogP contribution is -2.32. The second-order valence-electron chi connectivity index (χ2n) is 2.87. The lowest BCUT2D eigenvalue weighted by Gasteiger charge is -2.06. The van der Waals surface area contributed by atoms with Crippen molar-refractivity contribution in [1.82, 2.24) is 5.32 Å². The van der Waals surface area contributed by atoms with Gasteiger partial charge in [0.1, 0.15) is 0 Å². The number of nitrogens with one attached hydrogen (secondary N) is 1. The summed E-state index contributed by atoms with van der Waals surface area (Å²) < 4.78 is 5.27. The SMILES string of the molecule is CCCCOCCNC(=O)C(C)Br. The van der Waals surface area contributed by atoms with Gasteiger partial charge in [0.25, 0.3) is 0 Å². The Labute approximate surface area is 88.4 Å². The molecule has 0 fully saturated rings. The fourth-order valence-electron chi connectivity index (χ4n) is 0.735. The van der Waals surface area contributed by atoms with Crippen LogP contribution < -0.4 is 5.32 Å². The molecule has 0 heterocycles. The van der Waals surface area contributed by atoms with Gasteiger partial charge in [-0.1, -0.05) is 29.3 Å². The molecule has 1 unspecified atom stereocenters. The van der Waals surface area contributed by atoms with E-state index in [0.29, 0.717) is 13.2 Å². The van der Waals surface area contributed by atoms with Crippen molar-refractivity contribution in [2.45, 2.75) is 31.5 Å². The van der Waals surface area contributed by atoms with E-state index in [2.05, 4.69) is 28.2 Å². The molecule has 4 heteroatoms. The van der Waals surface area contributed by atoms with Crippen LogP contribution in [0.5, 0.6) is 0 Å². The molecule has 0 saturated heterocycles. The van der Waals surface area contributed by atoms with Gasteiger partial charge in [-0.05, 0) is 13.3 Å². The Bertz CT molecular complexity index is 140. The van der Waals surface area contributed by atoms with Crippen LogP contribution in [0.2, 0.25) is 0 Å². The van der Waals surface area contributed by atoms with Gasteiger partial charge in [-0.15, -0.1) is 0 Å². The molecule has 0 aromatic rings. The summed E-state index contributed by atoms with van der Waals surface area (Å²) in [4.78, 5) is 10.9. The molecular weight excluding hydrogens is 234 g/mol. The molecule has 0 radical (unpaired) electrons. The summed E-state index contributed by atoms with van der Waals surface area (Å²) >= 11 is 3.18. The Morgan fingerprint density at radius 3 is 2.77 bits per heavy atom. The molecule has 78 valence electrons. The zero-order chi connectivity index (χ0) is 10.1. The number of carbonyl (C=O) groups is 1. The minimum absolute atomic E-state index is 0.0130. The van der Waals surface area contributed by atoms with Gasteiger partial charge in [0.2, 0.25) is 5.91 Å². The summed E-state index contributed by atoms with van der Waals surface area (Å²) in [5, 5.41) is 2.75.